The quantitative estimate of drug-likeness (QED) is 0.127. The van der Waals surface area contributed by atoms with E-state index < -0.39 is 36.1 Å². The highest BCUT2D eigenvalue weighted by Crippen LogP contribution is 2.44. The number of rotatable bonds is 13. The molecule has 63 heavy (non-hydrogen) atoms. The molecule has 1 unspecified atom stereocenters. The SMILES string of the molecule is CC(=O)N1CCc2c(c(N3CCCc4cc(-c5cnn(C)c5)c(C(F)F)cc43)nn2C2CCN(CCCCCCOc3cccc4c3C(=O)N(C3CCC(=O)NC3=O)C4=O)CC2)C1. The van der Waals surface area contributed by atoms with Crippen LogP contribution in [0.5, 0.6) is 5.75 Å². The van der Waals surface area contributed by atoms with E-state index in [-0.39, 0.29) is 41.5 Å². The fraction of sp³-hybridized carbons (Fsp3) is 0.500. The lowest BCUT2D eigenvalue weighted by atomic mass is 9.92. The number of alkyl halides is 2. The van der Waals surface area contributed by atoms with Gasteiger partial charge in [-0.15, -0.1) is 0 Å². The molecule has 1 atom stereocenters. The zero-order valence-electron chi connectivity index (χ0n) is 35.8. The zero-order valence-corrected chi connectivity index (χ0v) is 35.8. The Morgan fingerprint density at radius 3 is 2.49 bits per heavy atom. The van der Waals surface area contributed by atoms with Gasteiger partial charge in [0.15, 0.2) is 5.82 Å². The molecular weight excluding hydrogens is 813 g/mol. The van der Waals surface area contributed by atoms with Gasteiger partial charge in [-0.05, 0) is 86.9 Å². The van der Waals surface area contributed by atoms with Crippen molar-refractivity contribution in [3.63, 3.8) is 0 Å². The summed E-state index contributed by atoms with van der Waals surface area (Å²) in [7, 11) is 1.78. The third-order valence-corrected chi connectivity index (χ3v) is 13.3. The summed E-state index contributed by atoms with van der Waals surface area (Å²) in [5.74, 6) is -1.10. The number of anilines is 2. The molecule has 0 aliphatic carbocycles. The number of unbranched alkanes of at least 4 members (excludes halogenated alkanes) is 3. The first kappa shape index (κ1) is 42.3. The molecule has 17 heteroatoms. The number of aromatic nitrogens is 4. The molecule has 15 nitrogen and oxygen atoms in total. The van der Waals surface area contributed by atoms with E-state index in [1.54, 1.807) is 55.3 Å². The highest BCUT2D eigenvalue weighted by molar-refractivity contribution is 6.24. The Morgan fingerprint density at radius 1 is 0.937 bits per heavy atom. The fourth-order valence-corrected chi connectivity index (χ4v) is 10.0. The summed E-state index contributed by atoms with van der Waals surface area (Å²) in [5, 5.41) is 11.8. The second-order valence-corrected chi connectivity index (χ2v) is 17.4. The number of carbonyl (C=O) groups is 5. The summed E-state index contributed by atoms with van der Waals surface area (Å²) in [6, 6.07) is 7.60. The standard InChI is InChI=1S/C46H53F2N9O6/c1-28(58)54-21-16-36-35(27-54)43(55-18-8-9-29-23-33(30-25-49-52(2)26-30)34(42(47)48)24-38(29)55)51-57(36)31-14-19-53(20-15-31)17-5-3-4-6-22-63-39-11-7-10-32-41(39)46(62)56(45(32)61)37-12-13-40(59)50-44(37)60/h7,10-11,23-26,31,37,42H,3-6,8-9,12-22,27H2,1-2H3,(H,50,59,60). The number of imide groups is 2. The van der Waals surface area contributed by atoms with Gasteiger partial charge in [-0.25, -0.2) is 8.78 Å². The number of piperidine rings is 2. The summed E-state index contributed by atoms with van der Waals surface area (Å²) in [6.07, 6.45) is 8.80. The minimum atomic E-state index is -2.67. The van der Waals surface area contributed by atoms with E-state index in [1.807, 2.05) is 11.0 Å². The number of nitrogens with one attached hydrogen (secondary N) is 1. The van der Waals surface area contributed by atoms with Crippen LogP contribution in [0.1, 0.15) is 120 Å². The molecule has 0 saturated carbocycles. The van der Waals surface area contributed by atoms with E-state index in [2.05, 4.69) is 24.9 Å². The van der Waals surface area contributed by atoms with Gasteiger partial charge in [-0.2, -0.15) is 10.2 Å². The lowest BCUT2D eigenvalue weighted by Gasteiger charge is -2.34. The minimum Gasteiger partial charge on any atom is -0.493 e. The van der Waals surface area contributed by atoms with Crippen LogP contribution in [0.4, 0.5) is 20.3 Å². The predicted octanol–water partition coefficient (Wildman–Crippen LogP) is 5.89. The van der Waals surface area contributed by atoms with Crippen molar-refractivity contribution in [1.82, 2.24) is 39.6 Å². The number of benzene rings is 2. The summed E-state index contributed by atoms with van der Waals surface area (Å²) >= 11 is 0. The molecule has 332 valence electrons. The Bertz CT molecular complexity index is 2460. The third-order valence-electron chi connectivity index (χ3n) is 13.3. The van der Waals surface area contributed by atoms with Gasteiger partial charge in [0, 0.05) is 87.3 Å². The zero-order chi connectivity index (χ0) is 43.9. The summed E-state index contributed by atoms with van der Waals surface area (Å²) in [4.78, 5) is 70.7. The van der Waals surface area contributed by atoms with Crippen LogP contribution >= 0.6 is 0 Å². The van der Waals surface area contributed by atoms with Crippen LogP contribution in [0.2, 0.25) is 0 Å². The van der Waals surface area contributed by atoms with Crippen LogP contribution in [-0.4, -0.2) is 109 Å². The lowest BCUT2D eigenvalue weighted by molar-refractivity contribution is -0.136. The van der Waals surface area contributed by atoms with E-state index in [9.17, 15) is 32.8 Å². The van der Waals surface area contributed by atoms with Crippen molar-refractivity contribution in [2.24, 2.45) is 7.05 Å². The lowest BCUT2D eigenvalue weighted by Crippen LogP contribution is -2.54. The van der Waals surface area contributed by atoms with Crippen molar-refractivity contribution in [3.05, 3.63) is 76.2 Å². The highest BCUT2D eigenvalue weighted by Gasteiger charge is 2.46. The van der Waals surface area contributed by atoms with Crippen LogP contribution in [0.15, 0.2) is 42.7 Å². The second-order valence-electron chi connectivity index (χ2n) is 17.4. The number of aryl methyl sites for hydroxylation is 2. The number of hydrogen-bond donors (Lipinski definition) is 1. The molecule has 9 rings (SSSR count). The molecule has 5 aliphatic heterocycles. The van der Waals surface area contributed by atoms with Crippen LogP contribution in [0.3, 0.4) is 0 Å². The van der Waals surface area contributed by atoms with Gasteiger partial charge in [0.25, 0.3) is 18.2 Å². The molecule has 4 aromatic rings. The Morgan fingerprint density at radius 2 is 1.75 bits per heavy atom. The van der Waals surface area contributed by atoms with Crippen molar-refractivity contribution in [1.29, 1.82) is 0 Å². The average molecular weight is 866 g/mol. The Hall–Kier alpha value is -5.97. The topological polar surface area (TPSA) is 155 Å². The van der Waals surface area contributed by atoms with Crippen LogP contribution in [0, 0.1) is 0 Å². The molecule has 2 aromatic heterocycles. The second kappa shape index (κ2) is 17.7. The predicted molar refractivity (Wildman–Crippen MR) is 228 cm³/mol. The first-order chi connectivity index (χ1) is 30.5. The minimum absolute atomic E-state index is 0.00829. The largest absolute Gasteiger partial charge is 0.493 e. The van der Waals surface area contributed by atoms with Gasteiger partial charge in [0.2, 0.25) is 17.7 Å². The highest BCUT2D eigenvalue weighted by atomic mass is 19.3. The average Bonchev–Trinajstić information content (AvgIpc) is 3.96. The Labute approximate surface area is 364 Å². The van der Waals surface area contributed by atoms with Gasteiger partial charge in [-0.1, -0.05) is 18.9 Å². The summed E-state index contributed by atoms with van der Waals surface area (Å²) in [5.41, 5.74) is 5.41. The summed E-state index contributed by atoms with van der Waals surface area (Å²) in [6.45, 7) is 6.52. The van der Waals surface area contributed by atoms with E-state index in [1.165, 1.54) is 0 Å². The van der Waals surface area contributed by atoms with Crippen LogP contribution in [-0.2, 0) is 40.8 Å². The molecule has 0 spiro atoms. The molecule has 5 amide bonds. The fourth-order valence-electron chi connectivity index (χ4n) is 10.0. The van der Waals surface area contributed by atoms with Crippen LogP contribution < -0.4 is 15.0 Å². The molecular formula is C46H53F2N9O6. The molecule has 2 fully saturated rings. The molecule has 1 N–H and O–H groups in total. The monoisotopic (exact) mass is 865 g/mol. The first-order valence-corrected chi connectivity index (χ1v) is 22.2. The number of nitrogens with zero attached hydrogens (tertiary/aromatic N) is 8. The number of fused-ring (bicyclic) bond motifs is 3. The molecule has 2 aromatic carbocycles. The van der Waals surface area contributed by atoms with Crippen molar-refractivity contribution >= 4 is 41.0 Å². The van der Waals surface area contributed by atoms with E-state index in [4.69, 9.17) is 9.84 Å². The molecule has 5 aliphatic rings. The van der Waals surface area contributed by atoms with Gasteiger partial charge >= 0.3 is 0 Å². The number of halogens is 2. The number of amides is 5. The normalized spacial score (nSPS) is 19.4. The maximum absolute atomic E-state index is 14.7. The molecule has 2 saturated heterocycles. The van der Waals surface area contributed by atoms with Crippen molar-refractivity contribution in [3.8, 4) is 16.9 Å². The molecule has 7 heterocycles. The molecule has 0 bridgehead atoms. The Balaban J connectivity index is 0.800. The maximum atomic E-state index is 14.7. The van der Waals surface area contributed by atoms with Crippen molar-refractivity contribution < 1.29 is 37.5 Å². The van der Waals surface area contributed by atoms with E-state index in [0.29, 0.717) is 49.5 Å². The van der Waals surface area contributed by atoms with E-state index >= 15 is 0 Å². The number of likely N-dealkylation sites (tertiary alicyclic amines) is 1. The Kier molecular flexibility index (Phi) is 11.9. The van der Waals surface area contributed by atoms with Gasteiger partial charge in [0.05, 0.1) is 36.5 Å². The third kappa shape index (κ3) is 8.22. The maximum Gasteiger partial charge on any atom is 0.266 e. The smallest absolute Gasteiger partial charge is 0.266 e. The number of ether oxygens (including phenoxy) is 1. The summed E-state index contributed by atoms with van der Waals surface area (Å²) < 4.78 is 39.2. The van der Waals surface area contributed by atoms with Gasteiger partial charge in [-0.3, -0.25) is 43.6 Å². The van der Waals surface area contributed by atoms with Crippen molar-refractivity contribution in [2.75, 3.05) is 44.2 Å². The van der Waals surface area contributed by atoms with E-state index in [0.717, 1.165) is 104 Å². The first-order valence-electron chi connectivity index (χ1n) is 22.2. The van der Waals surface area contributed by atoms with Gasteiger partial charge in [0.1, 0.15) is 11.8 Å². The van der Waals surface area contributed by atoms with Crippen molar-refractivity contribution in [2.45, 2.75) is 103 Å². The van der Waals surface area contributed by atoms with Gasteiger partial charge < -0.3 is 19.4 Å². The number of hydrogen-bond acceptors (Lipinski definition) is 10. The molecule has 0 radical (unpaired) electrons. The number of carbonyl (C=O) groups excluding carboxylic acids is 5. The van der Waals surface area contributed by atoms with Crippen LogP contribution in [0.25, 0.3) is 11.1 Å².